The van der Waals surface area contributed by atoms with Crippen LogP contribution >= 0.6 is 11.6 Å². The predicted octanol–water partition coefficient (Wildman–Crippen LogP) is 3.88. The lowest BCUT2D eigenvalue weighted by Gasteiger charge is -2.20. The lowest BCUT2D eigenvalue weighted by molar-refractivity contribution is -0.121. The summed E-state index contributed by atoms with van der Waals surface area (Å²) >= 11 is 5.97. The highest BCUT2D eigenvalue weighted by molar-refractivity contribution is 6.30. The van der Waals surface area contributed by atoms with E-state index >= 15 is 0 Å². The first-order valence-corrected chi connectivity index (χ1v) is 9.25. The summed E-state index contributed by atoms with van der Waals surface area (Å²) in [6.07, 6.45) is 1.83. The molecule has 1 unspecified atom stereocenters. The lowest BCUT2D eigenvalue weighted by atomic mass is 9.97. The number of aromatic nitrogens is 2. The van der Waals surface area contributed by atoms with Crippen LogP contribution in [0.4, 0.5) is 0 Å². The average Bonchev–Trinajstić information content (AvgIpc) is 2.55. The lowest BCUT2D eigenvalue weighted by Crippen LogP contribution is -2.32. The van der Waals surface area contributed by atoms with Gasteiger partial charge in [-0.3, -0.25) is 9.59 Å². The van der Waals surface area contributed by atoms with Crippen LogP contribution in [0.2, 0.25) is 5.02 Å². The number of hydrogen-bond acceptors (Lipinski definition) is 3. The first-order valence-electron chi connectivity index (χ1n) is 8.87. The molecule has 0 saturated carbocycles. The maximum absolute atomic E-state index is 12.6. The van der Waals surface area contributed by atoms with Crippen LogP contribution in [0.5, 0.6) is 0 Å². The predicted molar refractivity (Wildman–Crippen MR) is 104 cm³/mol. The number of H-pyrrole nitrogens is 1. The summed E-state index contributed by atoms with van der Waals surface area (Å²) in [7, 11) is 0. The van der Waals surface area contributed by atoms with Crippen molar-refractivity contribution in [3.63, 3.8) is 0 Å². The highest BCUT2D eigenvalue weighted by Gasteiger charge is 2.18. The second-order valence-electron chi connectivity index (χ2n) is 7.03. The number of benzene rings is 1. The number of aromatic amines is 1. The topological polar surface area (TPSA) is 74.8 Å². The van der Waals surface area contributed by atoms with Gasteiger partial charge in [0.15, 0.2) is 0 Å². The maximum atomic E-state index is 12.6. The van der Waals surface area contributed by atoms with E-state index in [-0.39, 0.29) is 23.9 Å². The number of rotatable bonds is 7. The number of hydrogen-bond donors (Lipinski definition) is 2. The largest absolute Gasteiger partial charge is 0.349 e. The molecule has 6 heteroatoms. The quantitative estimate of drug-likeness (QED) is 0.771. The first kappa shape index (κ1) is 20.2. The fourth-order valence-electron chi connectivity index (χ4n) is 2.88. The third kappa shape index (κ3) is 5.70. The molecule has 0 spiro atoms. The van der Waals surface area contributed by atoms with Crippen molar-refractivity contribution in [2.45, 2.75) is 53.0 Å². The van der Waals surface area contributed by atoms with E-state index in [0.29, 0.717) is 28.0 Å². The van der Waals surface area contributed by atoms with E-state index in [4.69, 9.17) is 11.6 Å². The molecule has 1 aromatic heterocycles. The van der Waals surface area contributed by atoms with Gasteiger partial charge in [-0.05, 0) is 50.3 Å². The Balaban J connectivity index is 2.15. The summed E-state index contributed by atoms with van der Waals surface area (Å²) in [6.45, 7) is 7.78. The SMILES string of the molecule is Cc1nc(C)c(CC(=O)NC(CCC(C)C)c2ccc(Cl)cc2)c(=O)[nH]1. The monoisotopic (exact) mass is 375 g/mol. The molecule has 1 amide bonds. The Morgan fingerprint density at radius 2 is 1.85 bits per heavy atom. The van der Waals surface area contributed by atoms with Gasteiger partial charge in [-0.15, -0.1) is 0 Å². The molecule has 0 radical (unpaired) electrons. The van der Waals surface area contributed by atoms with Gasteiger partial charge in [-0.25, -0.2) is 4.98 Å². The Morgan fingerprint density at radius 3 is 2.42 bits per heavy atom. The number of halogens is 1. The van der Waals surface area contributed by atoms with Gasteiger partial charge in [-0.2, -0.15) is 0 Å². The Labute approximate surface area is 159 Å². The minimum atomic E-state index is -0.254. The van der Waals surface area contributed by atoms with E-state index in [0.717, 1.165) is 18.4 Å². The summed E-state index contributed by atoms with van der Waals surface area (Å²) in [4.78, 5) is 31.6. The van der Waals surface area contributed by atoms with Crippen LogP contribution in [-0.2, 0) is 11.2 Å². The van der Waals surface area contributed by atoms with Crippen molar-refractivity contribution in [1.82, 2.24) is 15.3 Å². The molecule has 0 fully saturated rings. The van der Waals surface area contributed by atoms with Gasteiger partial charge in [-0.1, -0.05) is 37.6 Å². The molecule has 2 N–H and O–H groups in total. The molecule has 140 valence electrons. The molecule has 0 aliphatic rings. The van der Waals surface area contributed by atoms with Crippen molar-refractivity contribution in [2.24, 2.45) is 5.92 Å². The zero-order chi connectivity index (χ0) is 19.3. The van der Waals surface area contributed by atoms with Gasteiger partial charge in [0, 0.05) is 16.3 Å². The van der Waals surface area contributed by atoms with Gasteiger partial charge in [0.05, 0.1) is 12.5 Å². The molecule has 0 aliphatic carbocycles. The zero-order valence-electron chi connectivity index (χ0n) is 15.7. The van der Waals surface area contributed by atoms with E-state index < -0.39 is 0 Å². The molecule has 26 heavy (non-hydrogen) atoms. The Morgan fingerprint density at radius 1 is 1.19 bits per heavy atom. The molecule has 2 aromatic rings. The number of aryl methyl sites for hydroxylation is 2. The molecule has 0 aliphatic heterocycles. The van der Waals surface area contributed by atoms with Gasteiger partial charge in [0.25, 0.3) is 5.56 Å². The summed E-state index contributed by atoms with van der Waals surface area (Å²) in [5.74, 6) is 0.897. The molecular formula is C20H26ClN3O2. The van der Waals surface area contributed by atoms with Crippen LogP contribution in [0, 0.1) is 19.8 Å². The summed E-state index contributed by atoms with van der Waals surface area (Å²) in [6, 6.07) is 7.40. The van der Waals surface area contributed by atoms with Gasteiger partial charge >= 0.3 is 0 Å². The van der Waals surface area contributed by atoms with Crippen molar-refractivity contribution >= 4 is 17.5 Å². The fourth-order valence-corrected chi connectivity index (χ4v) is 3.01. The van der Waals surface area contributed by atoms with E-state index in [2.05, 4.69) is 29.1 Å². The summed E-state index contributed by atoms with van der Waals surface area (Å²) in [5, 5.41) is 3.73. The molecular weight excluding hydrogens is 350 g/mol. The summed E-state index contributed by atoms with van der Waals surface area (Å²) < 4.78 is 0. The first-order chi connectivity index (χ1) is 12.3. The van der Waals surface area contributed by atoms with Crippen LogP contribution in [0.1, 0.15) is 55.4 Å². The Kier molecular flexibility index (Phi) is 6.98. The molecule has 5 nitrogen and oxygen atoms in total. The van der Waals surface area contributed by atoms with E-state index in [1.807, 2.05) is 24.3 Å². The maximum Gasteiger partial charge on any atom is 0.254 e. The molecule has 2 rings (SSSR count). The van der Waals surface area contributed by atoms with E-state index in [1.165, 1.54) is 0 Å². The fraction of sp³-hybridized carbons (Fsp3) is 0.450. The van der Waals surface area contributed by atoms with E-state index in [1.54, 1.807) is 13.8 Å². The van der Waals surface area contributed by atoms with Crippen LogP contribution in [0.3, 0.4) is 0 Å². The van der Waals surface area contributed by atoms with Gasteiger partial charge in [0.1, 0.15) is 5.82 Å². The van der Waals surface area contributed by atoms with Crippen LogP contribution < -0.4 is 10.9 Å². The third-order valence-electron chi connectivity index (χ3n) is 4.32. The minimum Gasteiger partial charge on any atom is -0.349 e. The second-order valence-corrected chi connectivity index (χ2v) is 7.47. The number of carbonyl (C=O) groups is 1. The normalized spacial score (nSPS) is 12.2. The smallest absolute Gasteiger partial charge is 0.254 e. The van der Waals surface area contributed by atoms with Crippen LogP contribution in [-0.4, -0.2) is 15.9 Å². The van der Waals surface area contributed by atoms with Crippen LogP contribution in [0.25, 0.3) is 0 Å². The average molecular weight is 376 g/mol. The molecule has 0 saturated heterocycles. The van der Waals surface area contributed by atoms with Gasteiger partial charge in [0.2, 0.25) is 5.91 Å². The van der Waals surface area contributed by atoms with Crippen molar-refractivity contribution in [3.05, 3.63) is 62.3 Å². The highest BCUT2D eigenvalue weighted by atomic mass is 35.5. The number of amides is 1. The van der Waals surface area contributed by atoms with Crippen LogP contribution in [0.15, 0.2) is 29.1 Å². The molecule has 1 aromatic carbocycles. The van der Waals surface area contributed by atoms with Crippen molar-refractivity contribution in [3.8, 4) is 0 Å². The highest BCUT2D eigenvalue weighted by Crippen LogP contribution is 2.23. The van der Waals surface area contributed by atoms with E-state index in [9.17, 15) is 9.59 Å². The summed E-state index contributed by atoms with van der Waals surface area (Å²) in [5.41, 5.74) is 1.75. The Bertz CT molecular complexity index is 813. The standard InChI is InChI=1S/C20H26ClN3O2/c1-12(2)5-10-18(15-6-8-16(21)9-7-15)24-19(25)11-17-13(3)22-14(4)23-20(17)26/h6-9,12,18H,5,10-11H2,1-4H3,(H,24,25)(H,22,23,26). The molecule has 0 bridgehead atoms. The number of nitrogens with zero attached hydrogens (tertiary/aromatic N) is 1. The molecule has 1 heterocycles. The number of carbonyl (C=O) groups excluding carboxylic acids is 1. The second kappa shape index (κ2) is 8.99. The van der Waals surface area contributed by atoms with Gasteiger partial charge < -0.3 is 10.3 Å². The Hall–Kier alpha value is -2.14. The molecule has 1 atom stereocenters. The minimum absolute atomic E-state index is 0.0141. The third-order valence-corrected chi connectivity index (χ3v) is 4.57. The number of nitrogens with one attached hydrogen (secondary N) is 2. The zero-order valence-corrected chi connectivity index (χ0v) is 16.5. The van der Waals surface area contributed by atoms with Crippen molar-refractivity contribution in [1.29, 1.82) is 0 Å². The van der Waals surface area contributed by atoms with Crippen molar-refractivity contribution < 1.29 is 4.79 Å². The van der Waals surface area contributed by atoms with Crippen molar-refractivity contribution in [2.75, 3.05) is 0 Å².